The smallest absolute Gasteiger partial charge is 0.339 e. The van der Waals surface area contributed by atoms with Crippen LogP contribution in [0.25, 0.3) is 0 Å². The number of carboxylic acid groups (broad SMARTS) is 1. The van der Waals surface area contributed by atoms with Gasteiger partial charge in [-0.25, -0.2) is 18.2 Å². The maximum Gasteiger partial charge on any atom is 0.339 e. The van der Waals surface area contributed by atoms with Gasteiger partial charge in [0.1, 0.15) is 15.6 Å². The van der Waals surface area contributed by atoms with Gasteiger partial charge in [0, 0.05) is 13.1 Å². The van der Waals surface area contributed by atoms with E-state index < -0.39 is 16.0 Å². The summed E-state index contributed by atoms with van der Waals surface area (Å²) in [5.41, 5.74) is 0.151. The lowest BCUT2D eigenvalue weighted by molar-refractivity contribution is 0.0697. The minimum Gasteiger partial charge on any atom is -0.478 e. The van der Waals surface area contributed by atoms with Crippen LogP contribution in [-0.2, 0) is 10.0 Å². The van der Waals surface area contributed by atoms with Gasteiger partial charge in [0.25, 0.3) is 10.0 Å². The van der Waals surface area contributed by atoms with Crippen LogP contribution in [0, 0.1) is 0 Å². The Labute approximate surface area is 150 Å². The van der Waals surface area contributed by atoms with E-state index in [0.29, 0.717) is 5.82 Å². The fourth-order valence-corrected chi connectivity index (χ4v) is 4.85. The molecule has 3 heterocycles. The standard InChI is InChI=1S/C16H19N3O4S2/c20-16(21)13-10-12(18-25(22,23)14-6-5-9-24-14)11-17-15(13)19-7-3-1-2-4-8-19/h5-6,9-11,18H,1-4,7-8H2,(H,20,21). The van der Waals surface area contributed by atoms with Crippen molar-refractivity contribution < 1.29 is 18.3 Å². The summed E-state index contributed by atoms with van der Waals surface area (Å²) in [5.74, 6) is -0.725. The van der Waals surface area contributed by atoms with E-state index in [0.717, 1.165) is 50.1 Å². The van der Waals surface area contributed by atoms with Crippen LogP contribution in [0.1, 0.15) is 36.0 Å². The average Bonchev–Trinajstić information content (AvgIpc) is 2.99. The highest BCUT2D eigenvalue weighted by molar-refractivity contribution is 7.94. The molecule has 134 valence electrons. The van der Waals surface area contributed by atoms with Crippen molar-refractivity contribution in [2.75, 3.05) is 22.7 Å². The lowest BCUT2D eigenvalue weighted by atomic mass is 10.2. The molecular weight excluding hydrogens is 362 g/mol. The Morgan fingerprint density at radius 3 is 2.56 bits per heavy atom. The molecule has 2 N–H and O–H groups in total. The van der Waals surface area contributed by atoms with E-state index in [-0.39, 0.29) is 15.5 Å². The zero-order valence-corrected chi connectivity index (χ0v) is 15.1. The molecule has 1 saturated heterocycles. The molecule has 2 aromatic heterocycles. The van der Waals surface area contributed by atoms with Crippen LogP contribution in [-0.4, -0.2) is 37.6 Å². The molecule has 25 heavy (non-hydrogen) atoms. The number of aromatic nitrogens is 1. The van der Waals surface area contributed by atoms with E-state index in [9.17, 15) is 18.3 Å². The molecule has 0 bridgehead atoms. The summed E-state index contributed by atoms with van der Waals surface area (Å²) >= 11 is 1.09. The molecule has 0 radical (unpaired) electrons. The first kappa shape index (κ1) is 17.7. The van der Waals surface area contributed by atoms with E-state index in [1.54, 1.807) is 11.4 Å². The van der Waals surface area contributed by atoms with Crippen LogP contribution < -0.4 is 9.62 Å². The third-order valence-corrected chi connectivity index (χ3v) is 6.79. The molecule has 9 heteroatoms. The van der Waals surface area contributed by atoms with Crippen LogP contribution in [0.4, 0.5) is 11.5 Å². The molecule has 0 unspecified atom stereocenters. The van der Waals surface area contributed by atoms with Gasteiger partial charge in [0.05, 0.1) is 11.9 Å². The number of hydrogen-bond donors (Lipinski definition) is 2. The van der Waals surface area contributed by atoms with Gasteiger partial charge < -0.3 is 10.0 Å². The highest BCUT2D eigenvalue weighted by atomic mass is 32.2. The Hall–Kier alpha value is -2.13. The molecule has 0 amide bonds. The predicted molar refractivity (Wildman–Crippen MR) is 97.0 cm³/mol. The maximum absolute atomic E-state index is 12.3. The van der Waals surface area contributed by atoms with Crippen LogP contribution in [0.3, 0.4) is 0 Å². The van der Waals surface area contributed by atoms with Crippen molar-refractivity contribution in [2.45, 2.75) is 29.9 Å². The first-order chi connectivity index (χ1) is 12.0. The minimum atomic E-state index is -3.73. The zero-order valence-electron chi connectivity index (χ0n) is 13.5. The second-order valence-corrected chi connectivity index (χ2v) is 8.70. The molecular formula is C16H19N3O4S2. The lowest BCUT2D eigenvalue weighted by Gasteiger charge is -2.23. The largest absolute Gasteiger partial charge is 0.478 e. The summed E-state index contributed by atoms with van der Waals surface area (Å²) in [6.45, 7) is 1.51. The number of anilines is 2. The highest BCUT2D eigenvalue weighted by Crippen LogP contribution is 2.26. The van der Waals surface area contributed by atoms with Crippen molar-refractivity contribution >= 4 is 38.8 Å². The van der Waals surface area contributed by atoms with Crippen LogP contribution in [0.2, 0.25) is 0 Å². The quantitative estimate of drug-likeness (QED) is 0.826. The lowest BCUT2D eigenvalue weighted by Crippen LogP contribution is -2.27. The normalized spacial score (nSPS) is 15.6. The minimum absolute atomic E-state index is 0.00767. The first-order valence-electron chi connectivity index (χ1n) is 8.02. The predicted octanol–water partition coefficient (Wildman–Crippen LogP) is 3.02. The van der Waals surface area contributed by atoms with Crippen LogP contribution >= 0.6 is 11.3 Å². The van der Waals surface area contributed by atoms with E-state index in [1.165, 1.54) is 18.3 Å². The topological polar surface area (TPSA) is 99.6 Å². The van der Waals surface area contributed by atoms with Crippen molar-refractivity contribution in [3.05, 3.63) is 35.3 Å². The Bertz CT molecular complexity index is 842. The van der Waals surface area contributed by atoms with Gasteiger partial charge in [-0.3, -0.25) is 4.72 Å². The van der Waals surface area contributed by atoms with Gasteiger partial charge in [-0.15, -0.1) is 11.3 Å². The van der Waals surface area contributed by atoms with Gasteiger partial charge in [-0.2, -0.15) is 0 Å². The number of carboxylic acids is 1. The SMILES string of the molecule is O=C(O)c1cc(NS(=O)(=O)c2cccs2)cnc1N1CCCCCC1. The first-order valence-corrected chi connectivity index (χ1v) is 10.4. The number of pyridine rings is 1. The molecule has 1 aliphatic heterocycles. The zero-order chi connectivity index (χ0) is 17.9. The molecule has 1 aliphatic rings. The number of rotatable bonds is 5. The van der Waals surface area contributed by atoms with Crippen molar-refractivity contribution in [1.29, 1.82) is 0 Å². The van der Waals surface area contributed by atoms with E-state index >= 15 is 0 Å². The Morgan fingerprint density at radius 1 is 1.24 bits per heavy atom. The van der Waals surface area contributed by atoms with Crippen molar-refractivity contribution in [2.24, 2.45) is 0 Å². The Kier molecular flexibility index (Phi) is 5.24. The summed E-state index contributed by atoms with van der Waals surface area (Å²) in [6, 6.07) is 4.47. The fourth-order valence-electron chi connectivity index (χ4n) is 2.83. The molecule has 0 atom stereocenters. The number of thiophene rings is 1. The second kappa shape index (κ2) is 7.40. The number of aromatic carboxylic acids is 1. The number of sulfonamides is 1. The Balaban J connectivity index is 1.90. The molecule has 0 aliphatic carbocycles. The van der Waals surface area contributed by atoms with Crippen LogP contribution in [0.5, 0.6) is 0 Å². The number of hydrogen-bond acceptors (Lipinski definition) is 6. The van der Waals surface area contributed by atoms with Crippen molar-refractivity contribution in [3.8, 4) is 0 Å². The van der Waals surface area contributed by atoms with Crippen molar-refractivity contribution in [3.63, 3.8) is 0 Å². The molecule has 7 nitrogen and oxygen atoms in total. The van der Waals surface area contributed by atoms with Crippen molar-refractivity contribution in [1.82, 2.24) is 4.98 Å². The summed E-state index contributed by atoms with van der Waals surface area (Å²) < 4.78 is 27.1. The monoisotopic (exact) mass is 381 g/mol. The average molecular weight is 381 g/mol. The van der Waals surface area contributed by atoms with Gasteiger partial charge in [0.15, 0.2) is 0 Å². The van der Waals surface area contributed by atoms with Gasteiger partial charge in [0.2, 0.25) is 0 Å². The van der Waals surface area contributed by atoms with E-state index in [1.807, 2.05) is 4.90 Å². The summed E-state index contributed by atoms with van der Waals surface area (Å²) in [4.78, 5) is 17.9. The third-order valence-electron chi connectivity index (χ3n) is 4.01. The van der Waals surface area contributed by atoms with E-state index in [4.69, 9.17) is 0 Å². The molecule has 3 rings (SSSR count). The van der Waals surface area contributed by atoms with Gasteiger partial charge in [-0.05, 0) is 30.4 Å². The summed E-state index contributed by atoms with van der Waals surface area (Å²) in [7, 11) is -3.73. The molecule has 0 aromatic carbocycles. The number of nitrogens with one attached hydrogen (secondary N) is 1. The maximum atomic E-state index is 12.3. The molecule has 2 aromatic rings. The van der Waals surface area contributed by atoms with Crippen LogP contribution in [0.15, 0.2) is 34.0 Å². The number of nitrogens with zero attached hydrogens (tertiary/aromatic N) is 2. The fraction of sp³-hybridized carbons (Fsp3) is 0.375. The number of carbonyl (C=O) groups is 1. The Morgan fingerprint density at radius 2 is 1.96 bits per heavy atom. The van der Waals surface area contributed by atoms with Gasteiger partial charge >= 0.3 is 5.97 Å². The second-order valence-electron chi connectivity index (χ2n) is 5.84. The molecule has 0 saturated carbocycles. The molecule has 1 fully saturated rings. The highest BCUT2D eigenvalue weighted by Gasteiger charge is 2.22. The third kappa shape index (κ3) is 4.10. The summed E-state index contributed by atoms with van der Waals surface area (Å²) in [6.07, 6.45) is 5.61. The summed E-state index contributed by atoms with van der Waals surface area (Å²) in [5, 5.41) is 11.2. The van der Waals surface area contributed by atoms with Gasteiger partial charge in [-0.1, -0.05) is 18.9 Å². The molecule has 0 spiro atoms. The van der Waals surface area contributed by atoms with E-state index in [2.05, 4.69) is 9.71 Å².